The zero-order valence-corrected chi connectivity index (χ0v) is 62.0. The lowest BCUT2D eigenvalue weighted by molar-refractivity contribution is -0.164. The van der Waals surface area contributed by atoms with Crippen molar-refractivity contribution >= 4 is 53.5 Å². The Balaban J connectivity index is 0.000000232. The van der Waals surface area contributed by atoms with Gasteiger partial charge in [-0.15, -0.1) is 19.7 Å². The first kappa shape index (κ1) is 83.8. The summed E-state index contributed by atoms with van der Waals surface area (Å²) in [6.07, 6.45) is 5.13. The van der Waals surface area contributed by atoms with Gasteiger partial charge in [0.2, 0.25) is 47.1 Å². The first-order valence-electron chi connectivity index (χ1n) is 34.2. The van der Waals surface area contributed by atoms with Gasteiger partial charge in [-0.05, 0) is 120 Å². The smallest absolute Gasteiger partial charge is 0.332 e. The fourth-order valence-corrected chi connectivity index (χ4v) is 12.6. The van der Waals surface area contributed by atoms with Gasteiger partial charge in [0.1, 0.15) is 40.0 Å². The van der Waals surface area contributed by atoms with E-state index in [1.54, 1.807) is 80.5 Å². The van der Waals surface area contributed by atoms with Gasteiger partial charge < -0.3 is 87.7 Å². The maximum Gasteiger partial charge on any atom is 0.332 e. The Morgan fingerprint density at radius 2 is 0.810 bits per heavy atom. The van der Waals surface area contributed by atoms with E-state index in [2.05, 4.69) is 65.6 Å². The van der Waals surface area contributed by atoms with Crippen LogP contribution in [-0.2, 0) is 66.8 Å². The molecule has 0 aromatic carbocycles. The summed E-state index contributed by atoms with van der Waals surface area (Å²) in [4.78, 5) is 147. The maximum absolute atomic E-state index is 13.5. The van der Waals surface area contributed by atoms with E-state index in [1.807, 2.05) is 0 Å². The van der Waals surface area contributed by atoms with Crippen LogP contribution in [0.3, 0.4) is 0 Å². The second-order valence-electron chi connectivity index (χ2n) is 27.5. The van der Waals surface area contributed by atoms with Crippen molar-refractivity contribution in [2.24, 2.45) is 53.3 Å². The highest BCUT2D eigenvalue weighted by Crippen LogP contribution is 2.49. The van der Waals surface area contributed by atoms with Crippen molar-refractivity contribution < 1.29 is 115 Å². The van der Waals surface area contributed by atoms with Crippen LogP contribution >= 0.6 is 0 Å². The van der Waals surface area contributed by atoms with Gasteiger partial charge in [0, 0.05) is 17.8 Å². The van der Waals surface area contributed by atoms with Gasteiger partial charge in [0.25, 0.3) is 11.6 Å². The number of carboxylic acid groups (broad SMARTS) is 1. The van der Waals surface area contributed by atoms with Crippen molar-refractivity contribution in [2.75, 3.05) is 62.5 Å². The zero-order chi connectivity index (χ0) is 78.1. The average Bonchev–Trinajstić information content (AvgIpc) is 1.59. The van der Waals surface area contributed by atoms with Crippen molar-refractivity contribution in [1.29, 1.82) is 0 Å². The Bertz CT molecular complexity index is 3640. The van der Waals surface area contributed by atoms with Crippen molar-refractivity contribution in [1.82, 2.24) is 45.9 Å². The van der Waals surface area contributed by atoms with Crippen molar-refractivity contribution in [3.8, 4) is 47.4 Å². The number of hydrogen-bond acceptors (Lipinski definition) is 29. The Hall–Kier alpha value is -10.2. The van der Waals surface area contributed by atoms with Crippen LogP contribution in [0.15, 0.2) is 61.0 Å². The predicted molar refractivity (Wildman–Crippen MR) is 368 cm³/mol. The third kappa shape index (κ3) is 21.7. The zero-order valence-electron chi connectivity index (χ0n) is 62.0. The molecule has 6 saturated carbocycles. The normalized spacial score (nSPS) is 27.1. The lowest BCUT2D eigenvalue weighted by Gasteiger charge is -2.26. The molecule has 0 unspecified atom stereocenters. The first-order valence-corrected chi connectivity index (χ1v) is 34.2. The van der Waals surface area contributed by atoms with Crippen LogP contribution in [0.2, 0.25) is 0 Å². The van der Waals surface area contributed by atoms with E-state index in [1.165, 1.54) is 60.9 Å². The molecule has 0 spiro atoms. The minimum atomic E-state index is -1.19. The van der Waals surface area contributed by atoms with Crippen LogP contribution in [0.5, 0.6) is 47.4 Å². The molecule has 6 aliphatic carbocycles. The number of aliphatic hydroxyl groups excluding tert-OH is 1. The number of H-pyrrole nitrogens is 1. The lowest BCUT2D eigenvalue weighted by Crippen LogP contribution is -2.49. The molecule has 3 heterocycles. The number of hydrogen-bond donors (Lipinski definition) is 6. The summed E-state index contributed by atoms with van der Waals surface area (Å²) in [7, 11) is 8.53. The molecule has 0 radical (unpaired) electrons. The quantitative estimate of drug-likeness (QED) is 0.0334. The van der Waals surface area contributed by atoms with Gasteiger partial charge >= 0.3 is 47.8 Å². The maximum atomic E-state index is 13.5. The summed E-state index contributed by atoms with van der Waals surface area (Å²) < 4.78 is 68.0. The minimum Gasteiger partial charge on any atom is -0.481 e. The second-order valence-corrected chi connectivity index (χ2v) is 27.5. The number of esters is 5. The molecule has 0 bridgehead atoms. The Morgan fingerprint density at radius 1 is 0.486 bits per heavy atom. The third-order valence-electron chi connectivity index (χ3n) is 18.0. The molecule has 105 heavy (non-hydrogen) atoms. The Kier molecular flexibility index (Phi) is 28.8. The predicted octanol–water partition coefficient (Wildman–Crippen LogP) is 4.34. The minimum absolute atomic E-state index is 0.0296. The number of carbonyl (C=O) groups is 9. The Labute approximate surface area is 608 Å². The number of ether oxygens (including phenoxy) is 13. The fraction of sp³-hybridized carbons (Fsp3) is 0.620. The standard InChI is InChI=1S/C25H35N3O8.C21H27N3O8.C19H29NO6.C6H8N2O3/c1-8-14-13-25(14,22(31)34-9-2)28-20(29)16-10-15(11-17(16)21(30)36-24(3,4)5)35-19-12-18(32-6)26-23(27-19)33-7;1-5-11-10-21(11,19(28)31-6-2)24-17(25)13-7-12(8-14(13)18(26)27)32-16-9-15(29-3)22-20(23-16)30-4;1-6-11-10-19(11,17(24)25-7-2)20-15(22)13-8-12(21)9-14(13)16(23)26-18(3,4)5;1-10-5-3-4(9)7-6(8-5)11-2/h8,12,14-17H,1,9-11,13H2,2-7H3,(H,28,29);5,9,11-14H,1,6-8,10H2,2-4H3,(H,24,25)(H,26,27);6,11-14,21H,1,7-10H2,2-5H3,(H,20,22);3H,1-2H3,(H,7,8,9)/t14-,15-,16-,17-,25-;11-,12-,13-,14-,21-;11-,12+,13-,14-,19-;/m111./s1. The number of amides is 3. The topological polar surface area (TPSA) is 447 Å². The van der Waals surface area contributed by atoms with Crippen LogP contribution in [0.1, 0.15) is 120 Å². The number of aromatic amines is 1. The van der Waals surface area contributed by atoms with Crippen LogP contribution in [-0.4, -0.2) is 202 Å². The summed E-state index contributed by atoms with van der Waals surface area (Å²) >= 11 is 0. The van der Waals surface area contributed by atoms with Gasteiger partial charge in [0.15, 0.2) is 0 Å². The molecule has 34 nitrogen and oxygen atoms in total. The van der Waals surface area contributed by atoms with Crippen LogP contribution in [0.4, 0.5) is 0 Å². The molecule has 3 amide bonds. The van der Waals surface area contributed by atoms with Gasteiger partial charge in [-0.25, -0.2) is 14.4 Å². The monoisotopic (exact) mass is 1480 g/mol. The number of aromatic nitrogens is 6. The van der Waals surface area contributed by atoms with E-state index in [0.717, 1.165) is 0 Å². The average molecular weight is 1480 g/mol. The fourth-order valence-electron chi connectivity index (χ4n) is 12.6. The number of aliphatic carboxylic acids is 1. The van der Waals surface area contributed by atoms with E-state index in [4.69, 9.17) is 61.6 Å². The molecule has 578 valence electrons. The lowest BCUT2D eigenvalue weighted by atomic mass is 9.94. The van der Waals surface area contributed by atoms with Crippen molar-refractivity contribution in [3.05, 3.63) is 66.5 Å². The second kappa shape index (κ2) is 36.0. The highest BCUT2D eigenvalue weighted by molar-refractivity contribution is 5.96. The molecule has 9 rings (SSSR count). The summed E-state index contributed by atoms with van der Waals surface area (Å²) in [5.74, 6) is -9.65. The molecule has 15 atom stereocenters. The molecule has 34 heteroatoms. The van der Waals surface area contributed by atoms with Gasteiger partial charge in [-0.2, -0.15) is 24.9 Å². The Morgan fingerprint density at radius 3 is 1.13 bits per heavy atom. The van der Waals surface area contributed by atoms with Crippen molar-refractivity contribution in [2.45, 2.75) is 166 Å². The van der Waals surface area contributed by atoms with Gasteiger partial charge in [-0.3, -0.25) is 38.5 Å². The van der Waals surface area contributed by atoms with Gasteiger partial charge in [-0.1, -0.05) is 18.2 Å². The molecule has 0 aliphatic heterocycles. The van der Waals surface area contributed by atoms with E-state index in [9.17, 15) is 58.2 Å². The highest BCUT2D eigenvalue weighted by Gasteiger charge is 2.65. The number of nitrogens with zero attached hydrogens (tertiary/aromatic N) is 5. The number of aliphatic hydroxyl groups is 1. The number of methoxy groups -OCH3 is 6. The molecule has 0 saturated heterocycles. The van der Waals surface area contributed by atoms with Crippen LogP contribution in [0.25, 0.3) is 0 Å². The molecule has 6 fully saturated rings. The van der Waals surface area contributed by atoms with Crippen LogP contribution < -0.4 is 59.4 Å². The van der Waals surface area contributed by atoms with Crippen molar-refractivity contribution in [3.63, 3.8) is 0 Å². The highest BCUT2D eigenvalue weighted by atomic mass is 16.6. The number of carbonyl (C=O) groups excluding carboxylic acids is 8. The van der Waals surface area contributed by atoms with E-state index in [-0.39, 0.29) is 129 Å². The van der Waals surface area contributed by atoms with Gasteiger partial charge in [0.05, 0.1) is 122 Å². The largest absolute Gasteiger partial charge is 0.481 e. The molecule has 6 N–H and O–H groups in total. The molecule has 6 aliphatic rings. The summed E-state index contributed by atoms with van der Waals surface area (Å²) in [5.41, 5.74) is -5.18. The number of rotatable bonds is 28. The molecule has 3 aromatic heterocycles. The SMILES string of the molecule is C=C[C@@H]1C[C@]1(NC(=O)[C@@H]1C[C@@H](Oc2cc(OC)nc(OC)n2)C[C@H]1C(=O)O)C(=O)OCC.C=C[C@@H]1C[C@]1(NC(=O)[C@@H]1C[C@@H](Oc2cc(OC)nc(OC)n2)C[C@H]1C(=O)OC(C)(C)C)C(=O)OCC.C=C[C@@H]1C[C@]1(NC(=O)[C@@H]1C[C@H](O)C[C@H]1C(=O)OC(C)(C)C)C(=O)OCC.COc1cc(=O)[nH]c(OC)n1. The molecular formula is C71H99N9O25. The summed E-state index contributed by atoms with van der Waals surface area (Å²) in [5, 5.41) is 28.0. The number of carboxylic acids is 1. The van der Waals surface area contributed by atoms with E-state index < -0.39 is 135 Å². The first-order chi connectivity index (χ1) is 49.5. The van der Waals surface area contributed by atoms with E-state index >= 15 is 0 Å². The molecule has 3 aromatic rings. The third-order valence-corrected chi connectivity index (χ3v) is 18.0. The summed E-state index contributed by atoms with van der Waals surface area (Å²) in [6.45, 7) is 27.3. The molecular weight excluding hydrogens is 1380 g/mol. The van der Waals surface area contributed by atoms with E-state index in [0.29, 0.717) is 19.3 Å². The number of nitrogens with one attached hydrogen (secondary N) is 4. The summed E-state index contributed by atoms with van der Waals surface area (Å²) in [6, 6.07) is 4.41. The van der Waals surface area contributed by atoms with Crippen LogP contribution in [0, 0.1) is 53.3 Å².